The minimum Gasteiger partial charge on any atom is -0.456 e. The average molecular weight is 1210 g/mol. The molecule has 0 saturated heterocycles. The molecule has 3 unspecified atom stereocenters. The van der Waals surface area contributed by atoms with Crippen LogP contribution in [0.1, 0.15) is 355 Å². The number of nitrogens with zero attached hydrogens (tertiary/aromatic N) is 1. The van der Waals surface area contributed by atoms with E-state index in [1.165, 1.54) is 244 Å². The Bertz CT molecular complexity index is 1640. The number of phosphoric ester groups is 1. The molecule has 0 heterocycles. The third-order valence-electron chi connectivity index (χ3n) is 16.5. The summed E-state index contributed by atoms with van der Waals surface area (Å²) >= 11 is 0. The molecule has 498 valence electrons. The van der Waals surface area contributed by atoms with Crippen molar-refractivity contribution in [2.24, 2.45) is 0 Å². The van der Waals surface area contributed by atoms with E-state index in [1.807, 2.05) is 33.3 Å². The van der Waals surface area contributed by atoms with Crippen LogP contribution in [0.4, 0.5) is 0 Å². The first-order valence-electron chi connectivity index (χ1n) is 36.6. The Morgan fingerprint density at radius 2 is 0.718 bits per heavy atom. The molecular weight excluding hydrogens is 1070 g/mol. The van der Waals surface area contributed by atoms with Gasteiger partial charge in [0.05, 0.1) is 33.8 Å². The molecule has 0 saturated carbocycles. The van der Waals surface area contributed by atoms with Crippen LogP contribution in [0.2, 0.25) is 0 Å². The molecule has 1 amide bonds. The lowest BCUT2D eigenvalue weighted by molar-refractivity contribution is -0.870. The van der Waals surface area contributed by atoms with Crippen molar-refractivity contribution in [3.8, 4) is 0 Å². The second-order valence-corrected chi connectivity index (χ2v) is 27.6. The monoisotopic (exact) mass is 1210 g/mol. The van der Waals surface area contributed by atoms with E-state index >= 15 is 0 Å². The minimum atomic E-state index is -4.45. The Labute approximate surface area is 528 Å². The van der Waals surface area contributed by atoms with Crippen molar-refractivity contribution < 1.29 is 37.3 Å². The standard InChI is InChI=1S/C75H141N2O7P/c1-7-10-13-16-19-22-25-27-29-31-33-35-36-37-38-39-40-42-44-46-48-50-53-56-59-62-65-68-75(79)84-73(66-63-60-57-54-51-24-21-18-15-12-9-3)72(71-83-85(80,81)82-70-69-77(4,5)6)76-74(78)67-64-61-58-55-52-49-47-45-43-41-34-32-30-28-26-23-20-17-14-11-8-2/h19,22,27,29,33,35,37-38,63,66,72-73H,7-18,20-21,23-26,28,30-32,34,36,39-62,64-65,67-71H2,1-6H3,(H-,76,78,80,81)/p+1/b22-19-,29-27-,35-33-,38-37-,66-63+. The van der Waals surface area contributed by atoms with Crippen LogP contribution < -0.4 is 5.32 Å². The molecule has 0 radical (unpaired) electrons. The highest BCUT2D eigenvalue weighted by atomic mass is 31.2. The van der Waals surface area contributed by atoms with Gasteiger partial charge in [-0.2, -0.15) is 0 Å². The number of phosphoric acid groups is 1. The van der Waals surface area contributed by atoms with Crippen LogP contribution in [-0.2, 0) is 27.9 Å². The van der Waals surface area contributed by atoms with Gasteiger partial charge in [-0.3, -0.25) is 18.6 Å². The van der Waals surface area contributed by atoms with E-state index in [1.54, 1.807) is 0 Å². The van der Waals surface area contributed by atoms with Gasteiger partial charge in [-0.25, -0.2) is 4.57 Å². The number of ether oxygens (including phenoxy) is 1. The van der Waals surface area contributed by atoms with Crippen LogP contribution in [0.5, 0.6) is 0 Å². The number of allylic oxidation sites excluding steroid dienone is 9. The number of likely N-dealkylation sites (N-methyl/N-ethyl adjacent to an activating group) is 1. The fourth-order valence-electron chi connectivity index (χ4n) is 10.8. The van der Waals surface area contributed by atoms with E-state index in [0.717, 1.165) is 77.0 Å². The number of unbranched alkanes of at least 4 members (excludes halogenated alkanes) is 43. The lowest BCUT2D eigenvalue weighted by Crippen LogP contribution is -2.47. The Morgan fingerprint density at radius 3 is 1.09 bits per heavy atom. The van der Waals surface area contributed by atoms with Crippen molar-refractivity contribution >= 4 is 19.7 Å². The van der Waals surface area contributed by atoms with E-state index < -0.39 is 20.0 Å². The molecule has 0 aromatic rings. The highest BCUT2D eigenvalue weighted by molar-refractivity contribution is 7.47. The first-order valence-corrected chi connectivity index (χ1v) is 38.1. The fraction of sp³-hybridized carbons (Fsp3) is 0.840. The summed E-state index contributed by atoms with van der Waals surface area (Å²) in [7, 11) is 1.51. The third-order valence-corrected chi connectivity index (χ3v) is 17.4. The lowest BCUT2D eigenvalue weighted by atomic mass is 10.0. The van der Waals surface area contributed by atoms with Crippen LogP contribution in [0, 0.1) is 0 Å². The van der Waals surface area contributed by atoms with Gasteiger partial charge < -0.3 is 19.4 Å². The predicted octanol–water partition coefficient (Wildman–Crippen LogP) is 23.3. The lowest BCUT2D eigenvalue weighted by Gasteiger charge is -2.27. The van der Waals surface area contributed by atoms with Gasteiger partial charge in [-0.1, -0.05) is 326 Å². The van der Waals surface area contributed by atoms with Crippen molar-refractivity contribution in [3.63, 3.8) is 0 Å². The number of rotatable bonds is 67. The third kappa shape index (κ3) is 66.0. The minimum absolute atomic E-state index is 0.0408. The zero-order valence-electron chi connectivity index (χ0n) is 57.1. The van der Waals surface area contributed by atoms with E-state index in [9.17, 15) is 19.0 Å². The average Bonchev–Trinajstić information content (AvgIpc) is 3.59. The molecule has 0 aliphatic carbocycles. The van der Waals surface area contributed by atoms with E-state index in [-0.39, 0.29) is 31.5 Å². The first-order chi connectivity index (χ1) is 41.4. The molecule has 2 N–H and O–H groups in total. The van der Waals surface area contributed by atoms with Gasteiger partial charge in [0.2, 0.25) is 5.91 Å². The number of carbonyl (C=O) groups excluding carboxylic acids is 2. The zero-order chi connectivity index (χ0) is 62.1. The summed E-state index contributed by atoms with van der Waals surface area (Å²) in [6.45, 7) is 7.03. The molecule has 0 fully saturated rings. The van der Waals surface area contributed by atoms with Crippen LogP contribution in [0.3, 0.4) is 0 Å². The molecule has 0 aromatic carbocycles. The molecule has 0 aromatic heterocycles. The summed E-state index contributed by atoms with van der Waals surface area (Å²) in [4.78, 5) is 37.9. The SMILES string of the molecule is CCCCC/C=C\C/C=C\C/C=C\C/C=C\CCCCCCCCCCCCCC(=O)OC(/C=C/CCCCCCCCCCC)C(COP(=O)(O)OCC[N+](C)(C)C)NC(=O)CCCCCCCCCCCCCCCCCCCCCCC. The molecule has 10 heteroatoms. The zero-order valence-corrected chi connectivity index (χ0v) is 58.0. The maximum Gasteiger partial charge on any atom is 0.472 e. The maximum absolute atomic E-state index is 13.6. The number of amides is 1. The number of esters is 1. The summed E-state index contributed by atoms with van der Waals surface area (Å²) < 4.78 is 30.8. The van der Waals surface area contributed by atoms with Gasteiger partial charge in [-0.15, -0.1) is 0 Å². The number of quaternary nitrogens is 1. The topological polar surface area (TPSA) is 111 Å². The van der Waals surface area contributed by atoms with Crippen molar-refractivity contribution in [2.75, 3.05) is 40.9 Å². The summed E-state index contributed by atoms with van der Waals surface area (Å²) in [6, 6.07) is -0.849. The van der Waals surface area contributed by atoms with Gasteiger partial charge >= 0.3 is 13.8 Å². The van der Waals surface area contributed by atoms with Gasteiger partial charge in [-0.05, 0) is 76.7 Å². The quantitative estimate of drug-likeness (QED) is 0.0205. The predicted molar refractivity (Wildman–Crippen MR) is 369 cm³/mol. The second kappa shape index (κ2) is 64.7. The molecule has 0 aliphatic rings. The summed E-state index contributed by atoms with van der Waals surface area (Å²) in [5, 5.41) is 3.07. The Balaban J connectivity index is 4.97. The van der Waals surface area contributed by atoms with Crippen molar-refractivity contribution in [1.82, 2.24) is 5.32 Å². The smallest absolute Gasteiger partial charge is 0.456 e. The van der Waals surface area contributed by atoms with Crippen LogP contribution in [0.25, 0.3) is 0 Å². The van der Waals surface area contributed by atoms with E-state index in [2.05, 4.69) is 74.7 Å². The molecule has 9 nitrogen and oxygen atoms in total. The van der Waals surface area contributed by atoms with Crippen LogP contribution >= 0.6 is 7.82 Å². The van der Waals surface area contributed by atoms with Crippen molar-refractivity contribution in [2.45, 2.75) is 367 Å². The maximum atomic E-state index is 13.6. The van der Waals surface area contributed by atoms with E-state index in [0.29, 0.717) is 17.4 Å². The number of carbonyl (C=O) groups is 2. The molecule has 0 rings (SSSR count). The van der Waals surface area contributed by atoms with Gasteiger partial charge in [0.15, 0.2) is 0 Å². The Hall–Kier alpha value is -2.29. The summed E-state index contributed by atoms with van der Waals surface area (Å²) in [5.41, 5.74) is 0. The molecule has 0 bridgehead atoms. The molecule has 85 heavy (non-hydrogen) atoms. The normalized spacial score (nSPS) is 13.8. The molecular formula is C75H142N2O7P+. The fourth-order valence-corrected chi connectivity index (χ4v) is 11.5. The highest BCUT2D eigenvalue weighted by Gasteiger charge is 2.30. The van der Waals surface area contributed by atoms with Crippen molar-refractivity contribution in [3.05, 3.63) is 60.8 Å². The van der Waals surface area contributed by atoms with Gasteiger partial charge in [0.1, 0.15) is 19.3 Å². The molecule has 0 aliphatic heterocycles. The number of hydrogen-bond donors (Lipinski definition) is 2. The van der Waals surface area contributed by atoms with Gasteiger partial charge in [0, 0.05) is 12.8 Å². The summed E-state index contributed by atoms with van der Waals surface area (Å²) in [6.07, 6.45) is 83.8. The number of hydrogen-bond acceptors (Lipinski definition) is 6. The van der Waals surface area contributed by atoms with Crippen molar-refractivity contribution in [1.29, 1.82) is 0 Å². The second-order valence-electron chi connectivity index (χ2n) is 26.1. The Morgan fingerprint density at radius 1 is 0.412 bits per heavy atom. The Kier molecular flexibility index (Phi) is 62.9. The summed E-state index contributed by atoms with van der Waals surface area (Å²) in [5.74, 6) is -0.493. The van der Waals surface area contributed by atoms with Gasteiger partial charge in [0.25, 0.3) is 0 Å². The van der Waals surface area contributed by atoms with E-state index in [4.69, 9.17) is 13.8 Å². The molecule has 0 spiro atoms. The van der Waals surface area contributed by atoms with Crippen LogP contribution in [0.15, 0.2) is 60.8 Å². The molecule has 3 atom stereocenters. The highest BCUT2D eigenvalue weighted by Crippen LogP contribution is 2.43. The first kappa shape index (κ1) is 82.7. The number of nitrogens with one attached hydrogen (secondary N) is 1. The largest absolute Gasteiger partial charge is 0.472 e. The van der Waals surface area contributed by atoms with Crippen LogP contribution in [-0.4, -0.2) is 74.3 Å².